The lowest BCUT2D eigenvalue weighted by molar-refractivity contribution is 0.469. The number of hydrogen-bond donors (Lipinski definition) is 2. The molecule has 1 aliphatic heterocycles. The van der Waals surface area contributed by atoms with E-state index in [9.17, 15) is 5.11 Å². The fraction of sp³-hybridized carbons (Fsp3) is 0.417. The van der Waals surface area contributed by atoms with Crippen LogP contribution in [-0.4, -0.2) is 24.0 Å². The molecule has 0 amide bonds. The standard InChI is InChI=1S/C12H15IN2O/c1-7(2)8-5-9(11(16)10(13)6-8)12-14-3-4-15-12/h5-7,16H,3-4H2,1-2H3,(H,14,15). The third-order valence-electron chi connectivity index (χ3n) is 2.68. The van der Waals surface area contributed by atoms with Crippen LogP contribution in [0, 0.1) is 3.57 Å². The number of phenols is 1. The van der Waals surface area contributed by atoms with E-state index < -0.39 is 0 Å². The number of rotatable bonds is 2. The molecule has 0 aliphatic carbocycles. The fourth-order valence-corrected chi connectivity index (χ4v) is 2.36. The number of amidine groups is 1. The van der Waals surface area contributed by atoms with Crippen LogP contribution in [0.2, 0.25) is 0 Å². The molecule has 1 aromatic rings. The number of phenolic OH excluding ortho intramolecular Hbond substituents is 1. The summed E-state index contributed by atoms with van der Waals surface area (Å²) in [6, 6.07) is 4.05. The van der Waals surface area contributed by atoms with Gasteiger partial charge in [-0.2, -0.15) is 0 Å². The van der Waals surface area contributed by atoms with Gasteiger partial charge < -0.3 is 10.4 Å². The summed E-state index contributed by atoms with van der Waals surface area (Å²) in [5.41, 5.74) is 2.06. The maximum atomic E-state index is 10.0. The van der Waals surface area contributed by atoms with Gasteiger partial charge in [0.25, 0.3) is 0 Å². The van der Waals surface area contributed by atoms with E-state index in [0.29, 0.717) is 11.7 Å². The molecule has 0 aromatic heterocycles. The number of hydrogen-bond acceptors (Lipinski definition) is 3. The number of nitrogens with one attached hydrogen (secondary N) is 1. The molecule has 2 rings (SSSR count). The number of benzene rings is 1. The maximum Gasteiger partial charge on any atom is 0.139 e. The molecule has 1 aliphatic rings. The molecule has 16 heavy (non-hydrogen) atoms. The SMILES string of the molecule is CC(C)c1cc(I)c(O)c(C2=NCCN2)c1. The molecule has 1 heterocycles. The summed E-state index contributed by atoms with van der Waals surface area (Å²) in [6.45, 7) is 5.95. The zero-order chi connectivity index (χ0) is 11.7. The highest BCUT2D eigenvalue weighted by atomic mass is 127. The highest BCUT2D eigenvalue weighted by molar-refractivity contribution is 14.1. The Balaban J connectivity index is 2.50. The average molecular weight is 330 g/mol. The van der Waals surface area contributed by atoms with Gasteiger partial charge in [0.15, 0.2) is 0 Å². The van der Waals surface area contributed by atoms with E-state index in [2.05, 4.69) is 46.7 Å². The zero-order valence-electron chi connectivity index (χ0n) is 9.42. The lowest BCUT2D eigenvalue weighted by atomic mass is 10.00. The number of aliphatic imine (C=N–C) groups is 1. The molecule has 0 bridgehead atoms. The van der Waals surface area contributed by atoms with Gasteiger partial charge in [0, 0.05) is 6.54 Å². The van der Waals surface area contributed by atoms with E-state index >= 15 is 0 Å². The first-order valence-corrected chi connectivity index (χ1v) is 6.48. The van der Waals surface area contributed by atoms with Crippen LogP contribution in [0.4, 0.5) is 0 Å². The van der Waals surface area contributed by atoms with Crippen molar-refractivity contribution in [2.24, 2.45) is 4.99 Å². The third kappa shape index (κ3) is 2.16. The summed E-state index contributed by atoms with van der Waals surface area (Å²) < 4.78 is 0.884. The van der Waals surface area contributed by atoms with Gasteiger partial charge in [-0.15, -0.1) is 0 Å². The molecule has 4 heteroatoms. The summed E-state index contributed by atoms with van der Waals surface area (Å²) in [7, 11) is 0. The Kier molecular flexibility index (Phi) is 3.37. The second kappa shape index (κ2) is 4.61. The second-order valence-electron chi connectivity index (χ2n) is 4.21. The van der Waals surface area contributed by atoms with Gasteiger partial charge in [-0.25, -0.2) is 0 Å². The van der Waals surface area contributed by atoms with Gasteiger partial charge in [0.05, 0.1) is 15.7 Å². The van der Waals surface area contributed by atoms with Crippen LogP contribution in [-0.2, 0) is 0 Å². The molecule has 0 saturated carbocycles. The van der Waals surface area contributed by atoms with Crippen LogP contribution in [0.15, 0.2) is 17.1 Å². The summed E-state index contributed by atoms with van der Waals surface area (Å²) in [5.74, 6) is 1.60. The van der Waals surface area contributed by atoms with Crippen molar-refractivity contribution in [1.29, 1.82) is 0 Å². The molecule has 3 nitrogen and oxygen atoms in total. The van der Waals surface area contributed by atoms with Crippen molar-refractivity contribution >= 4 is 28.4 Å². The van der Waals surface area contributed by atoms with Gasteiger partial charge in [-0.3, -0.25) is 4.99 Å². The van der Waals surface area contributed by atoms with Crippen molar-refractivity contribution < 1.29 is 5.11 Å². The molecule has 1 aromatic carbocycles. The third-order valence-corrected chi connectivity index (χ3v) is 3.50. The van der Waals surface area contributed by atoms with Gasteiger partial charge >= 0.3 is 0 Å². The molecule has 0 radical (unpaired) electrons. The van der Waals surface area contributed by atoms with E-state index in [1.54, 1.807) is 0 Å². The van der Waals surface area contributed by atoms with Crippen LogP contribution < -0.4 is 5.32 Å². The first-order chi connectivity index (χ1) is 7.59. The Morgan fingerprint density at radius 3 is 2.75 bits per heavy atom. The first-order valence-electron chi connectivity index (χ1n) is 5.40. The lowest BCUT2D eigenvalue weighted by Crippen LogP contribution is -2.20. The number of nitrogens with zero attached hydrogens (tertiary/aromatic N) is 1. The smallest absolute Gasteiger partial charge is 0.139 e. The zero-order valence-corrected chi connectivity index (χ0v) is 11.6. The summed E-state index contributed by atoms with van der Waals surface area (Å²) >= 11 is 2.16. The average Bonchev–Trinajstić information content (AvgIpc) is 2.74. The largest absolute Gasteiger partial charge is 0.506 e. The lowest BCUT2D eigenvalue weighted by Gasteiger charge is -2.12. The molecule has 86 valence electrons. The number of halogens is 1. The quantitative estimate of drug-likeness (QED) is 0.819. The Bertz CT molecular complexity index is 441. The Morgan fingerprint density at radius 1 is 1.44 bits per heavy atom. The van der Waals surface area contributed by atoms with Crippen molar-refractivity contribution in [1.82, 2.24) is 5.32 Å². The normalized spacial score (nSPS) is 15.1. The molecule has 0 fully saturated rings. The molecule has 0 atom stereocenters. The maximum absolute atomic E-state index is 10.0. The highest BCUT2D eigenvalue weighted by Gasteiger charge is 2.16. The number of aromatic hydroxyl groups is 1. The highest BCUT2D eigenvalue weighted by Crippen LogP contribution is 2.29. The van der Waals surface area contributed by atoms with Gasteiger partial charge in [-0.05, 0) is 46.2 Å². The van der Waals surface area contributed by atoms with Crippen molar-refractivity contribution in [3.63, 3.8) is 0 Å². The Hall–Kier alpha value is -0.780. The molecule has 0 spiro atoms. The van der Waals surface area contributed by atoms with E-state index in [0.717, 1.165) is 28.1 Å². The van der Waals surface area contributed by atoms with E-state index in [4.69, 9.17) is 0 Å². The van der Waals surface area contributed by atoms with Crippen LogP contribution in [0.5, 0.6) is 5.75 Å². The summed E-state index contributed by atoms with van der Waals surface area (Å²) in [6.07, 6.45) is 0. The van der Waals surface area contributed by atoms with E-state index in [1.165, 1.54) is 5.56 Å². The predicted octanol–water partition coefficient (Wildman–Crippen LogP) is 2.47. The van der Waals surface area contributed by atoms with Crippen LogP contribution in [0.3, 0.4) is 0 Å². The molecule has 2 N–H and O–H groups in total. The first kappa shape index (κ1) is 11.7. The molecular formula is C12H15IN2O. The van der Waals surface area contributed by atoms with Crippen LogP contribution >= 0.6 is 22.6 Å². The minimum Gasteiger partial charge on any atom is -0.506 e. The predicted molar refractivity (Wildman–Crippen MR) is 74.3 cm³/mol. The molecule has 0 saturated heterocycles. The van der Waals surface area contributed by atoms with Crippen LogP contribution in [0.1, 0.15) is 30.9 Å². The van der Waals surface area contributed by atoms with Crippen molar-refractivity contribution in [3.05, 3.63) is 26.8 Å². The Morgan fingerprint density at radius 2 is 2.19 bits per heavy atom. The van der Waals surface area contributed by atoms with E-state index in [-0.39, 0.29) is 0 Å². The second-order valence-corrected chi connectivity index (χ2v) is 5.37. The Labute approximate surface area is 109 Å². The van der Waals surface area contributed by atoms with Crippen molar-refractivity contribution in [2.45, 2.75) is 19.8 Å². The van der Waals surface area contributed by atoms with Gasteiger partial charge in [0.1, 0.15) is 11.6 Å². The minimum absolute atomic E-state index is 0.332. The van der Waals surface area contributed by atoms with E-state index in [1.807, 2.05) is 12.1 Å². The van der Waals surface area contributed by atoms with Gasteiger partial charge in [-0.1, -0.05) is 13.8 Å². The molecular weight excluding hydrogens is 315 g/mol. The molecule has 0 unspecified atom stereocenters. The monoisotopic (exact) mass is 330 g/mol. The fourth-order valence-electron chi connectivity index (χ4n) is 1.71. The minimum atomic E-state index is 0.332. The van der Waals surface area contributed by atoms with Crippen LogP contribution in [0.25, 0.3) is 0 Å². The summed E-state index contributed by atoms with van der Waals surface area (Å²) in [5, 5.41) is 13.2. The van der Waals surface area contributed by atoms with Gasteiger partial charge in [0.2, 0.25) is 0 Å². The topological polar surface area (TPSA) is 44.6 Å². The van der Waals surface area contributed by atoms with Crippen molar-refractivity contribution in [2.75, 3.05) is 13.1 Å². The van der Waals surface area contributed by atoms with Crippen molar-refractivity contribution in [3.8, 4) is 5.75 Å². The summed E-state index contributed by atoms with van der Waals surface area (Å²) in [4.78, 5) is 4.35.